The van der Waals surface area contributed by atoms with Crippen molar-refractivity contribution in [3.8, 4) is 0 Å². The van der Waals surface area contributed by atoms with Crippen molar-refractivity contribution in [1.82, 2.24) is 14.5 Å². The maximum Gasteiger partial charge on any atom is 0.310 e. The van der Waals surface area contributed by atoms with Gasteiger partial charge in [-0.05, 0) is 0 Å². The molecule has 1 aromatic rings. The number of carbonyl (C=O) groups excluding carboxylic acids is 1. The highest BCUT2D eigenvalue weighted by atomic mass is 16.5. The van der Waals surface area contributed by atoms with Crippen LogP contribution in [0.2, 0.25) is 0 Å². The minimum atomic E-state index is -0.146. The summed E-state index contributed by atoms with van der Waals surface area (Å²) < 4.78 is 6.88. The number of esters is 1. The Morgan fingerprint density at radius 2 is 2.44 bits per heavy atom. The van der Waals surface area contributed by atoms with Crippen LogP contribution in [-0.4, -0.2) is 47.2 Å². The van der Waals surface area contributed by atoms with E-state index in [1.165, 1.54) is 7.11 Å². The molecule has 5 heteroatoms. The Kier molecular flexibility index (Phi) is 3.81. The molecule has 0 bridgehead atoms. The molecule has 5 nitrogen and oxygen atoms in total. The van der Waals surface area contributed by atoms with Crippen LogP contribution in [0.5, 0.6) is 0 Å². The summed E-state index contributed by atoms with van der Waals surface area (Å²) >= 11 is 0. The number of carbonyl (C=O) groups is 1. The summed E-state index contributed by atoms with van der Waals surface area (Å²) in [7, 11) is 3.39. The Labute approximate surface area is 107 Å². The first-order chi connectivity index (χ1) is 8.67. The third kappa shape index (κ3) is 2.31. The van der Waals surface area contributed by atoms with E-state index in [1.54, 1.807) is 6.33 Å². The van der Waals surface area contributed by atoms with E-state index in [9.17, 15) is 4.79 Å². The lowest BCUT2D eigenvalue weighted by Gasteiger charge is -2.16. The van der Waals surface area contributed by atoms with Crippen molar-refractivity contribution in [2.75, 3.05) is 26.7 Å². The van der Waals surface area contributed by atoms with E-state index in [2.05, 4.69) is 16.5 Å². The van der Waals surface area contributed by atoms with Gasteiger partial charge in [0.15, 0.2) is 0 Å². The van der Waals surface area contributed by atoms with Crippen molar-refractivity contribution in [2.24, 2.45) is 13.0 Å². The first kappa shape index (κ1) is 12.8. The fourth-order valence-electron chi connectivity index (χ4n) is 2.63. The second-order valence-corrected chi connectivity index (χ2v) is 4.67. The topological polar surface area (TPSA) is 47.4 Å². The van der Waals surface area contributed by atoms with E-state index in [0.29, 0.717) is 6.54 Å². The number of aromatic nitrogens is 2. The maximum absolute atomic E-state index is 11.9. The van der Waals surface area contributed by atoms with Gasteiger partial charge in [0.1, 0.15) is 0 Å². The van der Waals surface area contributed by atoms with E-state index >= 15 is 0 Å². The molecule has 0 spiro atoms. The molecular weight excluding hydrogens is 230 g/mol. The molecule has 0 saturated carbocycles. The standard InChI is InChI=1S/C13H19N3O2/c1-4-5-16-7-10(11(8-16)13(17)18-3)12-6-14-9-15(12)2/h4,6,9-11H,1,5,7-8H2,2-3H3/t10-,11-/m1/s1. The zero-order valence-electron chi connectivity index (χ0n) is 10.9. The normalized spacial score (nSPS) is 24.1. The summed E-state index contributed by atoms with van der Waals surface area (Å²) in [5.74, 6) is -0.122. The number of hydrogen-bond acceptors (Lipinski definition) is 4. The predicted octanol–water partition coefficient (Wildman–Crippen LogP) is 0.794. The average molecular weight is 249 g/mol. The smallest absolute Gasteiger partial charge is 0.310 e. The zero-order chi connectivity index (χ0) is 13.1. The van der Waals surface area contributed by atoms with Crippen LogP contribution in [0.4, 0.5) is 0 Å². The third-order valence-corrected chi connectivity index (χ3v) is 3.52. The Morgan fingerprint density at radius 1 is 1.67 bits per heavy atom. The highest BCUT2D eigenvalue weighted by Crippen LogP contribution is 2.32. The third-order valence-electron chi connectivity index (χ3n) is 3.52. The molecule has 1 aliphatic heterocycles. The average Bonchev–Trinajstić information content (AvgIpc) is 2.95. The first-order valence-electron chi connectivity index (χ1n) is 6.04. The second kappa shape index (κ2) is 5.35. The Bertz CT molecular complexity index is 441. The highest BCUT2D eigenvalue weighted by Gasteiger charge is 2.39. The molecule has 1 aromatic heterocycles. The molecule has 2 rings (SSSR count). The molecule has 0 N–H and O–H groups in total. The molecule has 1 aliphatic rings. The van der Waals surface area contributed by atoms with Crippen molar-refractivity contribution in [3.05, 3.63) is 30.9 Å². The number of rotatable bonds is 4. The van der Waals surface area contributed by atoms with Crippen LogP contribution in [-0.2, 0) is 16.6 Å². The van der Waals surface area contributed by atoms with E-state index < -0.39 is 0 Å². The van der Waals surface area contributed by atoms with E-state index in [0.717, 1.165) is 18.8 Å². The lowest BCUT2D eigenvalue weighted by Crippen LogP contribution is -2.25. The molecule has 0 aliphatic carbocycles. The molecule has 1 saturated heterocycles. The fourth-order valence-corrected chi connectivity index (χ4v) is 2.63. The molecule has 98 valence electrons. The number of aryl methyl sites for hydroxylation is 1. The zero-order valence-corrected chi connectivity index (χ0v) is 10.9. The van der Waals surface area contributed by atoms with Crippen LogP contribution in [0.25, 0.3) is 0 Å². The number of methoxy groups -OCH3 is 1. The molecule has 0 aromatic carbocycles. The highest BCUT2D eigenvalue weighted by molar-refractivity contribution is 5.74. The summed E-state index contributed by atoms with van der Waals surface area (Å²) in [5.41, 5.74) is 1.08. The van der Waals surface area contributed by atoms with Crippen LogP contribution in [0.1, 0.15) is 11.6 Å². The number of ether oxygens (including phenoxy) is 1. The Morgan fingerprint density at radius 3 is 3.00 bits per heavy atom. The quantitative estimate of drug-likeness (QED) is 0.585. The van der Waals surface area contributed by atoms with Crippen molar-refractivity contribution in [3.63, 3.8) is 0 Å². The largest absolute Gasteiger partial charge is 0.469 e. The lowest BCUT2D eigenvalue weighted by molar-refractivity contribution is -0.145. The number of nitrogens with zero attached hydrogens (tertiary/aromatic N) is 3. The predicted molar refractivity (Wildman–Crippen MR) is 68.1 cm³/mol. The van der Waals surface area contributed by atoms with Crippen LogP contribution in [0.3, 0.4) is 0 Å². The Hall–Kier alpha value is -1.62. The van der Waals surface area contributed by atoms with Gasteiger partial charge in [0, 0.05) is 44.5 Å². The van der Waals surface area contributed by atoms with Gasteiger partial charge in [0.05, 0.1) is 19.4 Å². The van der Waals surface area contributed by atoms with E-state index in [1.807, 2.05) is 23.9 Å². The summed E-state index contributed by atoms with van der Waals surface area (Å²) in [6.07, 6.45) is 5.46. The summed E-state index contributed by atoms with van der Waals surface area (Å²) in [5, 5.41) is 0. The van der Waals surface area contributed by atoms with Crippen molar-refractivity contribution in [1.29, 1.82) is 0 Å². The van der Waals surface area contributed by atoms with E-state index in [-0.39, 0.29) is 17.8 Å². The summed E-state index contributed by atoms with van der Waals surface area (Å²) in [4.78, 5) is 18.2. The SMILES string of the molecule is C=CCN1C[C@@H](C(=O)OC)[C@H](c2cncn2C)C1. The van der Waals surface area contributed by atoms with Crippen LogP contribution >= 0.6 is 0 Å². The lowest BCUT2D eigenvalue weighted by atomic mass is 9.93. The van der Waals surface area contributed by atoms with Gasteiger partial charge < -0.3 is 9.30 Å². The van der Waals surface area contributed by atoms with Crippen LogP contribution in [0.15, 0.2) is 25.2 Å². The van der Waals surface area contributed by atoms with Gasteiger partial charge in [0.2, 0.25) is 0 Å². The van der Waals surface area contributed by atoms with Crippen molar-refractivity contribution in [2.45, 2.75) is 5.92 Å². The van der Waals surface area contributed by atoms with Gasteiger partial charge in [0.25, 0.3) is 0 Å². The first-order valence-corrected chi connectivity index (χ1v) is 6.04. The van der Waals surface area contributed by atoms with Crippen molar-refractivity contribution < 1.29 is 9.53 Å². The maximum atomic E-state index is 11.9. The molecule has 0 radical (unpaired) electrons. The fraction of sp³-hybridized carbons (Fsp3) is 0.538. The number of hydrogen-bond donors (Lipinski definition) is 0. The molecule has 0 unspecified atom stereocenters. The minimum Gasteiger partial charge on any atom is -0.469 e. The van der Waals surface area contributed by atoms with Gasteiger partial charge >= 0.3 is 5.97 Å². The molecule has 2 atom stereocenters. The molecule has 18 heavy (non-hydrogen) atoms. The minimum absolute atomic E-state index is 0.120. The van der Waals surface area contributed by atoms with Crippen molar-refractivity contribution >= 4 is 5.97 Å². The molecule has 2 heterocycles. The molecular formula is C13H19N3O2. The van der Waals surface area contributed by atoms with Gasteiger partial charge in [-0.3, -0.25) is 9.69 Å². The molecule has 1 fully saturated rings. The number of imidazole rings is 1. The summed E-state index contributed by atoms with van der Waals surface area (Å²) in [6.45, 7) is 6.09. The Balaban J connectivity index is 2.22. The van der Waals surface area contributed by atoms with Gasteiger partial charge in [-0.1, -0.05) is 6.08 Å². The summed E-state index contributed by atoms with van der Waals surface area (Å²) in [6, 6.07) is 0. The van der Waals surface area contributed by atoms with Gasteiger partial charge in [-0.15, -0.1) is 6.58 Å². The van der Waals surface area contributed by atoms with Gasteiger partial charge in [-0.25, -0.2) is 4.98 Å². The van der Waals surface area contributed by atoms with Crippen LogP contribution < -0.4 is 0 Å². The monoisotopic (exact) mass is 249 g/mol. The second-order valence-electron chi connectivity index (χ2n) is 4.67. The van der Waals surface area contributed by atoms with E-state index in [4.69, 9.17) is 4.74 Å². The number of likely N-dealkylation sites (tertiary alicyclic amines) is 1. The molecule has 0 amide bonds. The van der Waals surface area contributed by atoms with Crippen LogP contribution in [0, 0.1) is 5.92 Å². The van der Waals surface area contributed by atoms with Gasteiger partial charge in [-0.2, -0.15) is 0 Å².